The standard InChI is InChI=1S/C12H16ClN3/c1-2-10(6-7-13)15-12-5-3-4-11-14-8-9-16(11)12/h3-5,8-10,15H,2,6-7H2,1H3. The third-order valence-corrected chi connectivity index (χ3v) is 2.95. The van der Waals surface area contributed by atoms with E-state index in [0.717, 1.165) is 24.3 Å². The molecule has 2 rings (SSSR count). The number of pyridine rings is 1. The fourth-order valence-corrected chi connectivity index (χ4v) is 2.05. The Morgan fingerprint density at radius 1 is 1.50 bits per heavy atom. The molecule has 1 unspecified atom stereocenters. The van der Waals surface area contributed by atoms with Crippen LogP contribution >= 0.6 is 11.6 Å². The lowest BCUT2D eigenvalue weighted by molar-refractivity contribution is 0.670. The number of hydrogen-bond acceptors (Lipinski definition) is 2. The van der Waals surface area contributed by atoms with Gasteiger partial charge in [0.15, 0.2) is 0 Å². The van der Waals surface area contributed by atoms with E-state index < -0.39 is 0 Å². The zero-order chi connectivity index (χ0) is 11.4. The van der Waals surface area contributed by atoms with E-state index in [9.17, 15) is 0 Å². The molecule has 1 atom stereocenters. The smallest absolute Gasteiger partial charge is 0.138 e. The van der Waals surface area contributed by atoms with Crippen LogP contribution in [-0.2, 0) is 0 Å². The predicted octanol–water partition coefficient (Wildman–Crippen LogP) is 3.15. The van der Waals surface area contributed by atoms with Crippen molar-refractivity contribution in [1.82, 2.24) is 9.38 Å². The van der Waals surface area contributed by atoms with E-state index in [2.05, 4.69) is 27.7 Å². The van der Waals surface area contributed by atoms with Gasteiger partial charge in [-0.05, 0) is 25.0 Å². The summed E-state index contributed by atoms with van der Waals surface area (Å²) in [6.45, 7) is 2.16. The highest BCUT2D eigenvalue weighted by molar-refractivity contribution is 6.17. The van der Waals surface area contributed by atoms with Crippen LogP contribution in [0, 0.1) is 0 Å². The van der Waals surface area contributed by atoms with Crippen molar-refractivity contribution in [2.75, 3.05) is 11.2 Å². The molecule has 0 aromatic carbocycles. The van der Waals surface area contributed by atoms with Crippen LogP contribution in [0.25, 0.3) is 5.65 Å². The number of imidazole rings is 1. The van der Waals surface area contributed by atoms with Gasteiger partial charge in [0.2, 0.25) is 0 Å². The van der Waals surface area contributed by atoms with Crippen LogP contribution < -0.4 is 5.32 Å². The van der Waals surface area contributed by atoms with Gasteiger partial charge in [-0.3, -0.25) is 4.40 Å². The average molecular weight is 238 g/mol. The van der Waals surface area contributed by atoms with Crippen LogP contribution in [0.5, 0.6) is 0 Å². The van der Waals surface area contributed by atoms with Gasteiger partial charge in [0.25, 0.3) is 0 Å². The Labute approximate surface area is 100 Å². The van der Waals surface area contributed by atoms with Crippen molar-refractivity contribution in [1.29, 1.82) is 0 Å². The number of halogens is 1. The van der Waals surface area contributed by atoms with E-state index >= 15 is 0 Å². The van der Waals surface area contributed by atoms with Crippen LogP contribution in [-0.4, -0.2) is 21.3 Å². The van der Waals surface area contributed by atoms with Crippen LogP contribution in [0.1, 0.15) is 19.8 Å². The van der Waals surface area contributed by atoms with Crippen molar-refractivity contribution in [3.8, 4) is 0 Å². The first-order chi connectivity index (χ1) is 7.85. The van der Waals surface area contributed by atoms with Gasteiger partial charge in [0.05, 0.1) is 0 Å². The topological polar surface area (TPSA) is 29.3 Å². The Balaban J connectivity index is 2.22. The van der Waals surface area contributed by atoms with Crippen molar-refractivity contribution in [2.24, 2.45) is 0 Å². The fraction of sp³-hybridized carbons (Fsp3) is 0.417. The minimum atomic E-state index is 0.422. The van der Waals surface area contributed by atoms with Gasteiger partial charge >= 0.3 is 0 Å². The number of alkyl halides is 1. The minimum absolute atomic E-state index is 0.422. The lowest BCUT2D eigenvalue weighted by atomic mass is 10.2. The van der Waals surface area contributed by atoms with Crippen molar-refractivity contribution in [3.05, 3.63) is 30.6 Å². The second-order valence-electron chi connectivity index (χ2n) is 3.79. The van der Waals surface area contributed by atoms with Crippen LogP contribution in [0.2, 0.25) is 0 Å². The number of rotatable bonds is 5. The highest BCUT2D eigenvalue weighted by atomic mass is 35.5. The summed E-state index contributed by atoms with van der Waals surface area (Å²) in [7, 11) is 0. The molecular formula is C12H16ClN3. The normalized spacial score (nSPS) is 12.9. The first-order valence-corrected chi connectivity index (χ1v) is 6.13. The quantitative estimate of drug-likeness (QED) is 0.810. The zero-order valence-corrected chi connectivity index (χ0v) is 10.1. The van der Waals surface area contributed by atoms with Gasteiger partial charge in [-0.1, -0.05) is 13.0 Å². The molecule has 0 amide bonds. The van der Waals surface area contributed by atoms with Gasteiger partial charge in [0.1, 0.15) is 11.5 Å². The van der Waals surface area contributed by atoms with E-state index in [4.69, 9.17) is 11.6 Å². The third-order valence-electron chi connectivity index (χ3n) is 2.73. The summed E-state index contributed by atoms with van der Waals surface area (Å²) in [6.07, 6.45) is 5.81. The third kappa shape index (κ3) is 2.30. The molecule has 2 heterocycles. The fourth-order valence-electron chi connectivity index (χ4n) is 1.78. The van der Waals surface area contributed by atoms with Crippen LogP contribution in [0.4, 0.5) is 5.82 Å². The molecule has 0 spiro atoms. The molecule has 0 saturated heterocycles. The van der Waals surface area contributed by atoms with E-state index in [1.807, 2.05) is 24.5 Å². The minimum Gasteiger partial charge on any atom is -0.368 e. The van der Waals surface area contributed by atoms with E-state index in [1.165, 1.54) is 0 Å². The first kappa shape index (κ1) is 11.3. The first-order valence-electron chi connectivity index (χ1n) is 5.59. The predicted molar refractivity (Wildman–Crippen MR) is 68.2 cm³/mol. The lowest BCUT2D eigenvalue weighted by Crippen LogP contribution is -2.20. The summed E-state index contributed by atoms with van der Waals surface area (Å²) >= 11 is 5.78. The van der Waals surface area contributed by atoms with Gasteiger partial charge < -0.3 is 5.32 Å². The highest BCUT2D eigenvalue weighted by Crippen LogP contribution is 2.14. The summed E-state index contributed by atoms with van der Waals surface area (Å²) in [5.74, 6) is 1.76. The average Bonchev–Trinajstić information content (AvgIpc) is 2.77. The Morgan fingerprint density at radius 3 is 3.12 bits per heavy atom. The number of anilines is 1. The largest absolute Gasteiger partial charge is 0.368 e. The van der Waals surface area contributed by atoms with E-state index in [1.54, 1.807) is 0 Å². The van der Waals surface area contributed by atoms with Crippen molar-refractivity contribution < 1.29 is 0 Å². The number of hydrogen-bond donors (Lipinski definition) is 1. The molecule has 2 aromatic rings. The van der Waals surface area contributed by atoms with Crippen LogP contribution in [0.15, 0.2) is 30.6 Å². The Kier molecular flexibility index (Phi) is 3.67. The van der Waals surface area contributed by atoms with Gasteiger partial charge in [-0.15, -0.1) is 11.6 Å². The van der Waals surface area contributed by atoms with Crippen molar-refractivity contribution in [2.45, 2.75) is 25.8 Å². The highest BCUT2D eigenvalue weighted by Gasteiger charge is 2.07. The molecule has 0 aliphatic rings. The van der Waals surface area contributed by atoms with Crippen LogP contribution in [0.3, 0.4) is 0 Å². The SMILES string of the molecule is CCC(CCCl)Nc1cccc2nccn12. The number of aromatic nitrogens is 2. The molecule has 4 heteroatoms. The molecule has 16 heavy (non-hydrogen) atoms. The Morgan fingerprint density at radius 2 is 2.38 bits per heavy atom. The summed E-state index contributed by atoms with van der Waals surface area (Å²) in [6, 6.07) is 6.49. The molecule has 1 N–H and O–H groups in total. The lowest BCUT2D eigenvalue weighted by Gasteiger charge is -2.17. The molecular weight excluding hydrogens is 222 g/mol. The summed E-state index contributed by atoms with van der Waals surface area (Å²) in [4.78, 5) is 4.26. The van der Waals surface area contributed by atoms with Crippen molar-refractivity contribution in [3.63, 3.8) is 0 Å². The number of nitrogens with one attached hydrogen (secondary N) is 1. The van der Waals surface area contributed by atoms with E-state index in [0.29, 0.717) is 11.9 Å². The molecule has 2 aromatic heterocycles. The molecule has 86 valence electrons. The second kappa shape index (κ2) is 5.21. The molecule has 3 nitrogen and oxygen atoms in total. The molecule has 0 aliphatic carbocycles. The van der Waals surface area contributed by atoms with Gasteiger partial charge in [-0.25, -0.2) is 4.98 Å². The summed E-state index contributed by atoms with van der Waals surface area (Å²) < 4.78 is 2.05. The molecule has 0 fully saturated rings. The molecule has 0 bridgehead atoms. The Bertz CT molecular complexity index is 452. The van der Waals surface area contributed by atoms with Gasteiger partial charge in [-0.2, -0.15) is 0 Å². The van der Waals surface area contributed by atoms with Gasteiger partial charge in [0, 0.05) is 24.3 Å². The van der Waals surface area contributed by atoms with Crippen molar-refractivity contribution >= 4 is 23.1 Å². The number of nitrogens with zero attached hydrogens (tertiary/aromatic N) is 2. The molecule has 0 saturated carbocycles. The summed E-state index contributed by atoms with van der Waals surface area (Å²) in [5, 5.41) is 3.50. The maximum Gasteiger partial charge on any atom is 0.138 e. The maximum absolute atomic E-state index is 5.78. The zero-order valence-electron chi connectivity index (χ0n) is 9.36. The molecule has 0 aliphatic heterocycles. The maximum atomic E-state index is 5.78. The number of fused-ring (bicyclic) bond motifs is 1. The second-order valence-corrected chi connectivity index (χ2v) is 4.17. The van der Waals surface area contributed by atoms with E-state index in [-0.39, 0.29) is 0 Å². The summed E-state index contributed by atoms with van der Waals surface area (Å²) in [5.41, 5.74) is 0.964. The monoisotopic (exact) mass is 237 g/mol. The molecule has 0 radical (unpaired) electrons. The Hall–Kier alpha value is -1.22.